The third-order valence-corrected chi connectivity index (χ3v) is 2.05. The van der Waals surface area contributed by atoms with E-state index < -0.39 is 0 Å². The fourth-order valence-electron chi connectivity index (χ4n) is 1.20. The fourth-order valence-corrected chi connectivity index (χ4v) is 1.20. The molecule has 0 rings (SSSR count). The van der Waals surface area contributed by atoms with Gasteiger partial charge in [-0.05, 0) is 25.7 Å². The smallest absolute Gasteiger partial charge is 0.120 e. The van der Waals surface area contributed by atoms with Crippen molar-refractivity contribution in [3.05, 3.63) is 12.2 Å². The van der Waals surface area contributed by atoms with Gasteiger partial charge in [0.1, 0.15) is 6.29 Å². The van der Waals surface area contributed by atoms with E-state index in [1.807, 2.05) is 0 Å². The number of carbonyl (C=O) groups is 1. The monoisotopic (exact) mass is 168 g/mol. The van der Waals surface area contributed by atoms with Crippen LogP contribution in [0.4, 0.5) is 0 Å². The highest BCUT2D eigenvalue weighted by Gasteiger charge is 1.99. The Kier molecular flexibility index (Phi) is 8.09. The van der Waals surface area contributed by atoms with Crippen LogP contribution in [0.3, 0.4) is 0 Å². The average Bonchev–Trinajstić information content (AvgIpc) is 2.05. The van der Waals surface area contributed by atoms with Crippen molar-refractivity contribution < 1.29 is 4.79 Å². The Bertz CT molecular complexity index is 127. The number of allylic oxidation sites excluding steroid dienone is 2. The maximum absolute atomic E-state index is 10.1. The summed E-state index contributed by atoms with van der Waals surface area (Å²) in [4.78, 5) is 10.1. The van der Waals surface area contributed by atoms with Gasteiger partial charge in [-0.15, -0.1) is 0 Å². The topological polar surface area (TPSA) is 17.1 Å². The minimum absolute atomic E-state index is 0.577. The minimum Gasteiger partial charge on any atom is -0.303 e. The third-order valence-electron chi connectivity index (χ3n) is 2.05. The number of unbranched alkanes of at least 4 members (excludes halogenated alkanes) is 2. The first-order valence-corrected chi connectivity index (χ1v) is 4.86. The van der Waals surface area contributed by atoms with Crippen molar-refractivity contribution >= 4 is 6.29 Å². The van der Waals surface area contributed by atoms with Crippen molar-refractivity contribution in [2.75, 3.05) is 0 Å². The van der Waals surface area contributed by atoms with Gasteiger partial charge in [0.2, 0.25) is 0 Å². The molecular formula is C11H20O. The van der Waals surface area contributed by atoms with Gasteiger partial charge in [0.05, 0.1) is 0 Å². The summed E-state index contributed by atoms with van der Waals surface area (Å²) in [5, 5.41) is 0. The highest BCUT2D eigenvalue weighted by atomic mass is 16.1. The molecule has 12 heavy (non-hydrogen) atoms. The van der Waals surface area contributed by atoms with Crippen molar-refractivity contribution in [1.82, 2.24) is 0 Å². The highest BCUT2D eigenvalue weighted by molar-refractivity contribution is 5.49. The Morgan fingerprint density at radius 3 is 2.67 bits per heavy atom. The SMILES string of the molecule is CC=CCCCCC(C)CC=O. The quantitative estimate of drug-likeness (QED) is 0.324. The molecule has 1 unspecified atom stereocenters. The molecule has 70 valence electrons. The van der Waals surface area contributed by atoms with Crippen LogP contribution in [0.15, 0.2) is 12.2 Å². The second-order valence-electron chi connectivity index (χ2n) is 3.36. The molecule has 0 amide bonds. The van der Waals surface area contributed by atoms with Gasteiger partial charge in [-0.25, -0.2) is 0 Å². The molecule has 0 heterocycles. The zero-order valence-electron chi connectivity index (χ0n) is 8.25. The molecule has 0 radical (unpaired) electrons. The molecular weight excluding hydrogens is 148 g/mol. The molecule has 1 nitrogen and oxygen atoms in total. The Balaban J connectivity index is 3.13. The first-order valence-electron chi connectivity index (χ1n) is 4.86. The summed E-state index contributed by atoms with van der Waals surface area (Å²) in [7, 11) is 0. The molecule has 0 aromatic heterocycles. The van der Waals surface area contributed by atoms with E-state index in [9.17, 15) is 4.79 Å². The Morgan fingerprint density at radius 1 is 1.33 bits per heavy atom. The highest BCUT2D eigenvalue weighted by Crippen LogP contribution is 2.11. The zero-order chi connectivity index (χ0) is 9.23. The lowest BCUT2D eigenvalue weighted by Crippen LogP contribution is -1.94. The number of carbonyl (C=O) groups excluding carboxylic acids is 1. The van der Waals surface area contributed by atoms with Crippen LogP contribution in [0.2, 0.25) is 0 Å². The summed E-state index contributed by atoms with van der Waals surface area (Å²) >= 11 is 0. The molecule has 1 atom stereocenters. The van der Waals surface area contributed by atoms with Gasteiger partial charge in [-0.2, -0.15) is 0 Å². The number of hydrogen-bond donors (Lipinski definition) is 0. The molecule has 0 spiro atoms. The van der Waals surface area contributed by atoms with Crippen LogP contribution >= 0.6 is 0 Å². The minimum atomic E-state index is 0.577. The molecule has 0 aromatic carbocycles. The van der Waals surface area contributed by atoms with E-state index in [0.29, 0.717) is 5.92 Å². The van der Waals surface area contributed by atoms with Gasteiger partial charge in [0.15, 0.2) is 0 Å². The Hall–Kier alpha value is -0.590. The van der Waals surface area contributed by atoms with Gasteiger partial charge in [-0.1, -0.05) is 31.9 Å². The molecule has 0 bridgehead atoms. The van der Waals surface area contributed by atoms with E-state index >= 15 is 0 Å². The molecule has 0 aliphatic heterocycles. The summed E-state index contributed by atoms with van der Waals surface area (Å²) in [6, 6.07) is 0. The number of rotatable bonds is 7. The fraction of sp³-hybridized carbons (Fsp3) is 0.727. The molecule has 1 heteroatoms. The molecule has 0 saturated heterocycles. The lowest BCUT2D eigenvalue weighted by atomic mass is 10.0. The van der Waals surface area contributed by atoms with E-state index in [4.69, 9.17) is 0 Å². The maximum Gasteiger partial charge on any atom is 0.120 e. The lowest BCUT2D eigenvalue weighted by Gasteiger charge is -2.05. The zero-order valence-corrected chi connectivity index (χ0v) is 8.25. The van der Waals surface area contributed by atoms with E-state index in [2.05, 4.69) is 26.0 Å². The summed E-state index contributed by atoms with van der Waals surface area (Å²) in [5.74, 6) is 0.577. The normalized spacial score (nSPS) is 13.5. The van der Waals surface area contributed by atoms with Crippen LogP contribution in [0.1, 0.15) is 46.0 Å². The largest absolute Gasteiger partial charge is 0.303 e. The van der Waals surface area contributed by atoms with Gasteiger partial charge in [-0.3, -0.25) is 0 Å². The van der Waals surface area contributed by atoms with Gasteiger partial charge < -0.3 is 4.79 Å². The van der Waals surface area contributed by atoms with Crippen LogP contribution in [0.25, 0.3) is 0 Å². The maximum atomic E-state index is 10.1. The van der Waals surface area contributed by atoms with Crippen molar-refractivity contribution in [3.8, 4) is 0 Å². The summed E-state index contributed by atoms with van der Waals surface area (Å²) in [6.45, 7) is 4.19. The van der Waals surface area contributed by atoms with Crippen LogP contribution < -0.4 is 0 Å². The molecule has 0 N–H and O–H groups in total. The first-order chi connectivity index (χ1) is 5.81. The second kappa shape index (κ2) is 8.51. The van der Waals surface area contributed by atoms with Gasteiger partial charge in [0.25, 0.3) is 0 Å². The second-order valence-corrected chi connectivity index (χ2v) is 3.36. The Labute approximate surface area is 75.9 Å². The molecule has 0 fully saturated rings. The number of hydrogen-bond acceptors (Lipinski definition) is 1. The standard InChI is InChI=1S/C11H20O/c1-3-4-5-6-7-8-11(2)9-10-12/h3-4,10-11H,5-9H2,1-2H3. The molecule has 0 aliphatic rings. The van der Waals surface area contributed by atoms with Crippen LogP contribution in [0.5, 0.6) is 0 Å². The predicted molar refractivity (Wildman–Crippen MR) is 53.1 cm³/mol. The summed E-state index contributed by atoms with van der Waals surface area (Å²) in [5.41, 5.74) is 0. The van der Waals surface area contributed by atoms with Crippen LogP contribution in [-0.4, -0.2) is 6.29 Å². The van der Waals surface area contributed by atoms with E-state index in [-0.39, 0.29) is 0 Å². The van der Waals surface area contributed by atoms with E-state index in [1.54, 1.807) is 0 Å². The van der Waals surface area contributed by atoms with Crippen molar-refractivity contribution in [1.29, 1.82) is 0 Å². The molecule has 0 aromatic rings. The Morgan fingerprint density at radius 2 is 2.08 bits per heavy atom. The first kappa shape index (κ1) is 11.4. The van der Waals surface area contributed by atoms with Gasteiger partial charge >= 0.3 is 0 Å². The van der Waals surface area contributed by atoms with E-state index in [1.165, 1.54) is 25.7 Å². The third kappa shape index (κ3) is 7.52. The summed E-state index contributed by atoms with van der Waals surface area (Å²) in [6.07, 6.45) is 10.9. The van der Waals surface area contributed by atoms with Crippen molar-refractivity contribution in [2.45, 2.75) is 46.0 Å². The number of aldehydes is 1. The van der Waals surface area contributed by atoms with Crippen molar-refractivity contribution in [2.24, 2.45) is 5.92 Å². The van der Waals surface area contributed by atoms with Crippen molar-refractivity contribution in [3.63, 3.8) is 0 Å². The van der Waals surface area contributed by atoms with E-state index in [0.717, 1.165) is 12.7 Å². The average molecular weight is 168 g/mol. The molecule has 0 saturated carbocycles. The predicted octanol–water partition coefficient (Wildman–Crippen LogP) is 3.35. The lowest BCUT2D eigenvalue weighted by molar-refractivity contribution is -0.108. The van der Waals surface area contributed by atoms with Crippen LogP contribution in [0, 0.1) is 5.92 Å². The summed E-state index contributed by atoms with van der Waals surface area (Å²) < 4.78 is 0. The molecule has 0 aliphatic carbocycles. The van der Waals surface area contributed by atoms with Gasteiger partial charge in [0, 0.05) is 6.42 Å². The van der Waals surface area contributed by atoms with Crippen LogP contribution in [-0.2, 0) is 4.79 Å².